The van der Waals surface area contributed by atoms with Gasteiger partial charge in [0, 0.05) is 12.6 Å². The number of anilines is 2. The van der Waals surface area contributed by atoms with E-state index in [1.54, 1.807) is 0 Å². The molecule has 0 radical (unpaired) electrons. The highest BCUT2D eigenvalue weighted by Gasteiger charge is 2.19. The Balaban J connectivity index is 2.70. The molecule has 16 heavy (non-hydrogen) atoms. The molecular formula is C13H23N3. The molecule has 0 aliphatic carbocycles. The fourth-order valence-electron chi connectivity index (χ4n) is 1.29. The van der Waals surface area contributed by atoms with Crippen molar-refractivity contribution in [3.63, 3.8) is 0 Å². The SMILES string of the molecule is CCNc1cncc(NC(C)C(C)(C)C)c1. The van der Waals surface area contributed by atoms with Crippen molar-refractivity contribution >= 4 is 11.4 Å². The molecule has 0 saturated heterocycles. The van der Waals surface area contributed by atoms with Crippen LogP contribution in [0, 0.1) is 5.41 Å². The summed E-state index contributed by atoms with van der Waals surface area (Å²) >= 11 is 0. The third-order valence-electron chi connectivity index (χ3n) is 2.80. The number of rotatable bonds is 4. The van der Waals surface area contributed by atoms with Crippen LogP contribution in [0.2, 0.25) is 0 Å². The second-order valence-electron chi connectivity index (χ2n) is 5.22. The Morgan fingerprint density at radius 2 is 1.88 bits per heavy atom. The van der Waals surface area contributed by atoms with Crippen molar-refractivity contribution in [1.29, 1.82) is 0 Å². The predicted molar refractivity (Wildman–Crippen MR) is 70.9 cm³/mol. The van der Waals surface area contributed by atoms with Crippen molar-refractivity contribution in [2.24, 2.45) is 5.41 Å². The minimum Gasteiger partial charge on any atom is -0.384 e. The molecule has 0 saturated carbocycles. The van der Waals surface area contributed by atoms with Crippen molar-refractivity contribution in [2.45, 2.75) is 40.7 Å². The van der Waals surface area contributed by atoms with Crippen LogP contribution in [0.3, 0.4) is 0 Å². The summed E-state index contributed by atoms with van der Waals surface area (Å²) in [5, 5.41) is 6.74. The average Bonchev–Trinajstić information content (AvgIpc) is 2.17. The van der Waals surface area contributed by atoms with E-state index in [2.05, 4.69) is 56.3 Å². The molecule has 1 heterocycles. The maximum absolute atomic E-state index is 4.21. The maximum atomic E-state index is 4.21. The fourth-order valence-corrected chi connectivity index (χ4v) is 1.29. The lowest BCUT2D eigenvalue weighted by Gasteiger charge is -2.29. The smallest absolute Gasteiger partial charge is 0.0549 e. The molecule has 2 N–H and O–H groups in total. The second-order valence-corrected chi connectivity index (χ2v) is 5.22. The van der Waals surface area contributed by atoms with Crippen molar-refractivity contribution in [3.05, 3.63) is 18.5 Å². The molecule has 1 aromatic heterocycles. The first-order chi connectivity index (χ1) is 7.43. The van der Waals surface area contributed by atoms with E-state index >= 15 is 0 Å². The number of nitrogens with zero attached hydrogens (tertiary/aromatic N) is 1. The number of hydrogen-bond acceptors (Lipinski definition) is 3. The van der Waals surface area contributed by atoms with E-state index in [9.17, 15) is 0 Å². The third kappa shape index (κ3) is 3.72. The quantitative estimate of drug-likeness (QED) is 0.818. The molecule has 0 aliphatic heterocycles. The fraction of sp³-hybridized carbons (Fsp3) is 0.615. The van der Waals surface area contributed by atoms with Gasteiger partial charge >= 0.3 is 0 Å². The highest BCUT2D eigenvalue weighted by atomic mass is 15.0. The number of nitrogens with one attached hydrogen (secondary N) is 2. The highest BCUT2D eigenvalue weighted by Crippen LogP contribution is 2.23. The van der Waals surface area contributed by atoms with E-state index in [0.29, 0.717) is 6.04 Å². The molecule has 0 amide bonds. The molecule has 3 heteroatoms. The Kier molecular flexibility index (Phi) is 4.16. The molecular weight excluding hydrogens is 198 g/mol. The normalized spacial score (nSPS) is 13.3. The van der Waals surface area contributed by atoms with Crippen LogP contribution in [-0.4, -0.2) is 17.6 Å². The van der Waals surface area contributed by atoms with Gasteiger partial charge in [0.15, 0.2) is 0 Å². The molecule has 0 bridgehead atoms. The topological polar surface area (TPSA) is 37.0 Å². The molecule has 1 rings (SSSR count). The maximum Gasteiger partial charge on any atom is 0.0549 e. The van der Waals surface area contributed by atoms with Gasteiger partial charge < -0.3 is 10.6 Å². The zero-order valence-electron chi connectivity index (χ0n) is 11.0. The van der Waals surface area contributed by atoms with Gasteiger partial charge in [0.05, 0.1) is 23.8 Å². The first-order valence-electron chi connectivity index (χ1n) is 5.89. The summed E-state index contributed by atoms with van der Waals surface area (Å²) in [7, 11) is 0. The van der Waals surface area contributed by atoms with Crippen LogP contribution in [0.5, 0.6) is 0 Å². The van der Waals surface area contributed by atoms with Gasteiger partial charge in [-0.1, -0.05) is 20.8 Å². The largest absolute Gasteiger partial charge is 0.384 e. The van der Waals surface area contributed by atoms with E-state index < -0.39 is 0 Å². The molecule has 1 aromatic rings. The van der Waals surface area contributed by atoms with Crippen LogP contribution >= 0.6 is 0 Å². The zero-order valence-corrected chi connectivity index (χ0v) is 11.0. The van der Waals surface area contributed by atoms with Gasteiger partial charge in [0.2, 0.25) is 0 Å². The van der Waals surface area contributed by atoms with Gasteiger partial charge in [0.25, 0.3) is 0 Å². The van der Waals surface area contributed by atoms with Crippen LogP contribution in [0.15, 0.2) is 18.5 Å². The number of aromatic nitrogens is 1. The molecule has 90 valence electrons. The first-order valence-corrected chi connectivity index (χ1v) is 5.89. The van der Waals surface area contributed by atoms with Gasteiger partial charge in [-0.2, -0.15) is 0 Å². The molecule has 0 aliphatic rings. The predicted octanol–water partition coefficient (Wildman–Crippen LogP) is 3.36. The van der Waals surface area contributed by atoms with Crippen molar-refractivity contribution < 1.29 is 0 Å². The first kappa shape index (κ1) is 12.8. The monoisotopic (exact) mass is 221 g/mol. The van der Waals surface area contributed by atoms with E-state index in [4.69, 9.17) is 0 Å². The van der Waals surface area contributed by atoms with E-state index in [0.717, 1.165) is 17.9 Å². The molecule has 3 nitrogen and oxygen atoms in total. The van der Waals surface area contributed by atoms with Crippen LogP contribution in [0.1, 0.15) is 34.6 Å². The minimum absolute atomic E-state index is 0.244. The highest BCUT2D eigenvalue weighted by molar-refractivity contribution is 5.54. The van der Waals surface area contributed by atoms with Gasteiger partial charge in [-0.15, -0.1) is 0 Å². The average molecular weight is 221 g/mol. The Hall–Kier alpha value is -1.25. The summed E-state index contributed by atoms with van der Waals surface area (Å²) in [6, 6.07) is 2.50. The summed E-state index contributed by atoms with van der Waals surface area (Å²) in [6.45, 7) is 11.9. The van der Waals surface area contributed by atoms with E-state index in [1.807, 2.05) is 12.4 Å². The Morgan fingerprint density at radius 3 is 2.44 bits per heavy atom. The summed E-state index contributed by atoms with van der Waals surface area (Å²) in [5.41, 5.74) is 2.38. The lowest BCUT2D eigenvalue weighted by Crippen LogP contribution is -2.30. The van der Waals surface area contributed by atoms with E-state index in [1.165, 1.54) is 0 Å². The van der Waals surface area contributed by atoms with Gasteiger partial charge in [0.1, 0.15) is 0 Å². The second kappa shape index (κ2) is 5.19. The lowest BCUT2D eigenvalue weighted by atomic mass is 9.88. The van der Waals surface area contributed by atoms with Crippen molar-refractivity contribution in [3.8, 4) is 0 Å². The molecule has 1 atom stereocenters. The van der Waals surface area contributed by atoms with Crippen LogP contribution in [0.4, 0.5) is 11.4 Å². The van der Waals surface area contributed by atoms with Crippen LogP contribution < -0.4 is 10.6 Å². The van der Waals surface area contributed by atoms with E-state index in [-0.39, 0.29) is 5.41 Å². The summed E-state index contributed by atoms with van der Waals surface area (Å²) in [4.78, 5) is 4.21. The minimum atomic E-state index is 0.244. The summed E-state index contributed by atoms with van der Waals surface area (Å²) < 4.78 is 0. The number of hydrogen-bond donors (Lipinski definition) is 2. The summed E-state index contributed by atoms with van der Waals surface area (Å²) in [5.74, 6) is 0. The van der Waals surface area contributed by atoms with Crippen LogP contribution in [-0.2, 0) is 0 Å². The molecule has 1 unspecified atom stereocenters. The number of pyridine rings is 1. The van der Waals surface area contributed by atoms with Gasteiger partial charge in [-0.05, 0) is 25.3 Å². The Morgan fingerprint density at radius 1 is 1.25 bits per heavy atom. The van der Waals surface area contributed by atoms with Crippen molar-refractivity contribution in [1.82, 2.24) is 4.98 Å². The lowest BCUT2D eigenvalue weighted by molar-refractivity contribution is 0.359. The third-order valence-corrected chi connectivity index (χ3v) is 2.80. The van der Waals surface area contributed by atoms with Gasteiger partial charge in [-0.25, -0.2) is 0 Å². The molecule has 0 spiro atoms. The zero-order chi connectivity index (χ0) is 12.2. The Labute approximate surface area is 98.7 Å². The van der Waals surface area contributed by atoms with Crippen molar-refractivity contribution in [2.75, 3.05) is 17.2 Å². The van der Waals surface area contributed by atoms with Gasteiger partial charge in [-0.3, -0.25) is 4.98 Å². The molecule has 0 fully saturated rings. The van der Waals surface area contributed by atoms with Crippen LogP contribution in [0.25, 0.3) is 0 Å². The molecule has 0 aromatic carbocycles. The summed E-state index contributed by atoms with van der Waals surface area (Å²) in [6.07, 6.45) is 3.71. The standard InChI is InChI=1S/C13H23N3/c1-6-15-11-7-12(9-14-8-11)16-10(2)13(3,4)5/h7-10,15-16H,6H2,1-5H3. The Bertz CT molecular complexity index is 328.